The van der Waals surface area contributed by atoms with Gasteiger partial charge in [0.15, 0.2) is 0 Å². The quantitative estimate of drug-likeness (QED) is 0.770. The largest absolute Gasteiger partial charge is 0.494 e. The highest BCUT2D eigenvalue weighted by atomic mass is 32.2. The van der Waals surface area contributed by atoms with Crippen LogP contribution < -0.4 is 10.1 Å². The molecule has 3 heteroatoms. The number of hydrogen-bond donors (Lipinski definition) is 1. The summed E-state index contributed by atoms with van der Waals surface area (Å²) in [4.78, 5) is 0. The number of nitrogens with one attached hydrogen (secondary N) is 1. The van der Waals surface area contributed by atoms with Gasteiger partial charge in [-0.25, -0.2) is 0 Å². The van der Waals surface area contributed by atoms with Crippen molar-refractivity contribution in [2.45, 2.75) is 37.9 Å². The molecule has 0 radical (unpaired) electrons. The third-order valence-corrected chi connectivity index (χ3v) is 4.94. The molecule has 0 bridgehead atoms. The Hall–Kier alpha value is -0.670. The Morgan fingerprint density at radius 3 is 2.63 bits per heavy atom. The number of hydrogen-bond acceptors (Lipinski definition) is 3. The third kappa shape index (κ3) is 5.87. The first-order chi connectivity index (χ1) is 9.34. The van der Waals surface area contributed by atoms with E-state index in [2.05, 4.69) is 48.3 Å². The second kappa shape index (κ2) is 8.49. The Labute approximate surface area is 121 Å². The summed E-state index contributed by atoms with van der Waals surface area (Å²) in [7, 11) is 0. The van der Waals surface area contributed by atoms with Gasteiger partial charge in [-0.15, -0.1) is 0 Å². The van der Waals surface area contributed by atoms with Crippen molar-refractivity contribution in [1.29, 1.82) is 0 Å². The van der Waals surface area contributed by atoms with Crippen molar-refractivity contribution >= 4 is 11.8 Å². The van der Waals surface area contributed by atoms with Gasteiger partial charge in [-0.05, 0) is 63.6 Å². The van der Waals surface area contributed by atoms with Gasteiger partial charge >= 0.3 is 0 Å². The topological polar surface area (TPSA) is 21.3 Å². The van der Waals surface area contributed by atoms with Crippen molar-refractivity contribution in [3.8, 4) is 5.75 Å². The Morgan fingerprint density at radius 1 is 1.16 bits per heavy atom. The van der Waals surface area contributed by atoms with E-state index in [-0.39, 0.29) is 0 Å². The standard InChI is InChI=1S/C16H25NOS/c1-14-4-6-15(7-5-14)18-12-2-3-13-19-16-8-10-17-11-9-16/h4-7,16-17H,2-3,8-13H2,1H3. The predicted octanol–water partition coefficient (Wildman–Crippen LogP) is 3.64. The fourth-order valence-corrected chi connectivity index (χ4v) is 3.51. The van der Waals surface area contributed by atoms with Crippen LogP contribution in [0.5, 0.6) is 5.75 Å². The first kappa shape index (κ1) is 14.7. The fraction of sp³-hybridized carbons (Fsp3) is 0.625. The molecular formula is C16H25NOS. The van der Waals surface area contributed by atoms with Gasteiger partial charge in [-0.1, -0.05) is 17.7 Å². The van der Waals surface area contributed by atoms with Crippen LogP contribution in [0.25, 0.3) is 0 Å². The minimum absolute atomic E-state index is 0.843. The summed E-state index contributed by atoms with van der Waals surface area (Å²) in [6, 6.07) is 8.31. The van der Waals surface area contributed by atoms with Gasteiger partial charge in [0.2, 0.25) is 0 Å². The first-order valence-electron chi connectivity index (χ1n) is 7.36. The van der Waals surface area contributed by atoms with E-state index in [1.165, 1.54) is 43.7 Å². The Bertz CT molecular complexity index is 346. The summed E-state index contributed by atoms with van der Waals surface area (Å²) in [6.07, 6.45) is 5.10. The lowest BCUT2D eigenvalue weighted by molar-refractivity contribution is 0.310. The lowest BCUT2D eigenvalue weighted by atomic mass is 10.2. The maximum Gasteiger partial charge on any atom is 0.119 e. The van der Waals surface area contributed by atoms with Gasteiger partial charge < -0.3 is 10.1 Å². The summed E-state index contributed by atoms with van der Waals surface area (Å²) in [5, 5.41) is 4.30. The number of ether oxygens (including phenoxy) is 1. The summed E-state index contributed by atoms with van der Waals surface area (Å²) in [5.74, 6) is 2.28. The van der Waals surface area contributed by atoms with Crippen molar-refractivity contribution in [1.82, 2.24) is 5.32 Å². The minimum atomic E-state index is 0.843. The molecule has 2 nitrogen and oxygen atoms in total. The Kier molecular flexibility index (Phi) is 6.58. The molecule has 0 amide bonds. The van der Waals surface area contributed by atoms with Crippen LogP contribution in [0.15, 0.2) is 24.3 Å². The SMILES string of the molecule is Cc1ccc(OCCCCSC2CCNCC2)cc1. The van der Waals surface area contributed by atoms with E-state index in [0.717, 1.165) is 24.0 Å². The normalized spacial score (nSPS) is 16.5. The zero-order valence-corrected chi connectivity index (χ0v) is 12.7. The third-order valence-electron chi connectivity index (χ3n) is 3.47. The zero-order chi connectivity index (χ0) is 13.3. The molecule has 2 rings (SSSR count). The van der Waals surface area contributed by atoms with Gasteiger partial charge in [0, 0.05) is 5.25 Å². The number of piperidine rings is 1. The van der Waals surface area contributed by atoms with Crippen molar-refractivity contribution in [2.24, 2.45) is 0 Å². The van der Waals surface area contributed by atoms with Gasteiger partial charge in [-0.2, -0.15) is 11.8 Å². The highest BCUT2D eigenvalue weighted by molar-refractivity contribution is 7.99. The van der Waals surface area contributed by atoms with E-state index in [1.54, 1.807) is 0 Å². The van der Waals surface area contributed by atoms with E-state index >= 15 is 0 Å². The summed E-state index contributed by atoms with van der Waals surface area (Å²) >= 11 is 2.15. The summed E-state index contributed by atoms with van der Waals surface area (Å²) in [6.45, 7) is 5.35. The lowest BCUT2D eigenvalue weighted by Gasteiger charge is -2.21. The van der Waals surface area contributed by atoms with Crippen molar-refractivity contribution in [3.05, 3.63) is 29.8 Å². The highest BCUT2D eigenvalue weighted by Gasteiger charge is 2.12. The van der Waals surface area contributed by atoms with E-state index in [9.17, 15) is 0 Å². The maximum atomic E-state index is 5.73. The first-order valence-corrected chi connectivity index (χ1v) is 8.41. The molecule has 1 saturated heterocycles. The summed E-state index contributed by atoms with van der Waals surface area (Å²) in [5.41, 5.74) is 1.28. The van der Waals surface area contributed by atoms with Crippen LogP contribution in [0, 0.1) is 6.92 Å². The average Bonchev–Trinajstić information content (AvgIpc) is 2.46. The number of thioether (sulfide) groups is 1. The number of unbranched alkanes of at least 4 members (excludes halogenated alkanes) is 1. The lowest BCUT2D eigenvalue weighted by Crippen LogP contribution is -2.29. The fourth-order valence-electron chi connectivity index (χ4n) is 2.24. The highest BCUT2D eigenvalue weighted by Crippen LogP contribution is 2.21. The molecule has 0 unspecified atom stereocenters. The second-order valence-corrected chi connectivity index (χ2v) is 6.60. The molecule has 0 atom stereocenters. The van der Waals surface area contributed by atoms with Crippen LogP contribution in [0.2, 0.25) is 0 Å². The molecular weight excluding hydrogens is 254 g/mol. The number of rotatable bonds is 7. The van der Waals surface area contributed by atoms with Gasteiger partial charge in [0.25, 0.3) is 0 Å². The zero-order valence-electron chi connectivity index (χ0n) is 11.9. The maximum absolute atomic E-state index is 5.73. The van der Waals surface area contributed by atoms with E-state index in [1.807, 2.05) is 0 Å². The van der Waals surface area contributed by atoms with Crippen LogP contribution in [0.4, 0.5) is 0 Å². The molecule has 0 aliphatic carbocycles. The average molecular weight is 279 g/mol. The molecule has 0 spiro atoms. The van der Waals surface area contributed by atoms with Crippen molar-refractivity contribution in [2.75, 3.05) is 25.4 Å². The summed E-state index contributed by atoms with van der Waals surface area (Å²) < 4.78 is 5.73. The molecule has 1 heterocycles. The van der Waals surface area contributed by atoms with Crippen LogP contribution in [-0.2, 0) is 0 Å². The van der Waals surface area contributed by atoms with E-state index < -0.39 is 0 Å². The van der Waals surface area contributed by atoms with Gasteiger partial charge in [-0.3, -0.25) is 0 Å². The molecule has 1 aliphatic heterocycles. The van der Waals surface area contributed by atoms with E-state index in [4.69, 9.17) is 4.74 Å². The second-order valence-electron chi connectivity index (χ2n) is 5.19. The molecule has 106 valence electrons. The molecule has 1 aliphatic rings. The minimum Gasteiger partial charge on any atom is -0.494 e. The monoisotopic (exact) mass is 279 g/mol. The van der Waals surface area contributed by atoms with Crippen LogP contribution in [0.3, 0.4) is 0 Å². The smallest absolute Gasteiger partial charge is 0.119 e. The van der Waals surface area contributed by atoms with Gasteiger partial charge in [0.1, 0.15) is 5.75 Å². The van der Waals surface area contributed by atoms with Crippen molar-refractivity contribution < 1.29 is 4.74 Å². The van der Waals surface area contributed by atoms with Crippen LogP contribution in [0.1, 0.15) is 31.2 Å². The van der Waals surface area contributed by atoms with Crippen molar-refractivity contribution in [3.63, 3.8) is 0 Å². The molecule has 0 aromatic heterocycles. The molecule has 1 aromatic carbocycles. The molecule has 19 heavy (non-hydrogen) atoms. The molecule has 1 aromatic rings. The molecule has 1 N–H and O–H groups in total. The van der Waals surface area contributed by atoms with Crippen LogP contribution in [-0.4, -0.2) is 30.7 Å². The van der Waals surface area contributed by atoms with Gasteiger partial charge in [0.05, 0.1) is 6.61 Å². The predicted molar refractivity (Wildman–Crippen MR) is 84.3 cm³/mol. The number of aryl methyl sites for hydroxylation is 1. The van der Waals surface area contributed by atoms with Crippen LogP contribution >= 0.6 is 11.8 Å². The number of benzene rings is 1. The molecule has 0 saturated carbocycles. The Balaban J connectivity index is 1.49. The molecule has 1 fully saturated rings. The van der Waals surface area contributed by atoms with E-state index in [0.29, 0.717) is 0 Å². The Morgan fingerprint density at radius 2 is 1.89 bits per heavy atom.